The lowest BCUT2D eigenvalue weighted by molar-refractivity contribution is -0.138. The first kappa shape index (κ1) is 13.0. The van der Waals surface area contributed by atoms with Gasteiger partial charge in [-0.1, -0.05) is 24.3 Å². The second kappa shape index (κ2) is 4.54. The van der Waals surface area contributed by atoms with Crippen LogP contribution in [0.4, 0.5) is 0 Å². The summed E-state index contributed by atoms with van der Waals surface area (Å²) < 4.78 is 0. The third-order valence-corrected chi connectivity index (χ3v) is 4.53. The summed E-state index contributed by atoms with van der Waals surface area (Å²) in [5.41, 5.74) is 2.15. The highest BCUT2D eigenvalue weighted by Gasteiger charge is 2.52. The molecule has 1 fully saturated rings. The van der Waals surface area contributed by atoms with Gasteiger partial charge in [0.1, 0.15) is 5.78 Å². The van der Waals surface area contributed by atoms with E-state index in [-0.39, 0.29) is 35.4 Å². The number of hydrogen-bond acceptors (Lipinski definition) is 3. The fraction of sp³-hybridized carbons (Fsp3) is 0.438. The number of carbonyl (C=O) groups excluding carboxylic acids is 3. The largest absolute Gasteiger partial charge is 0.300 e. The van der Waals surface area contributed by atoms with Crippen LogP contribution in [0.15, 0.2) is 24.3 Å². The third-order valence-electron chi connectivity index (χ3n) is 4.53. The summed E-state index contributed by atoms with van der Waals surface area (Å²) in [6, 6.07) is 7.84. The van der Waals surface area contributed by atoms with Crippen LogP contribution >= 0.6 is 0 Å². The minimum absolute atomic E-state index is 0.0558. The summed E-state index contributed by atoms with van der Waals surface area (Å²) in [6.07, 6.45) is 0.926. The van der Waals surface area contributed by atoms with E-state index in [0.29, 0.717) is 12.8 Å². The fourth-order valence-electron chi connectivity index (χ4n) is 3.63. The Morgan fingerprint density at radius 1 is 1.25 bits per heavy atom. The van der Waals surface area contributed by atoms with Gasteiger partial charge in [-0.05, 0) is 24.5 Å². The predicted molar refractivity (Wildman–Crippen MR) is 72.9 cm³/mol. The SMILES string of the molecule is CC(=O)CC1c2ccccc2C[C@H]2C(=O)N(C)C(=O)[C@@H]12. The number of rotatable bonds is 2. The van der Waals surface area contributed by atoms with Gasteiger partial charge in [0.15, 0.2) is 0 Å². The molecular formula is C16H17NO3. The van der Waals surface area contributed by atoms with Gasteiger partial charge in [0.25, 0.3) is 0 Å². The quantitative estimate of drug-likeness (QED) is 0.767. The Labute approximate surface area is 117 Å². The van der Waals surface area contributed by atoms with Crippen molar-refractivity contribution in [2.24, 2.45) is 11.8 Å². The van der Waals surface area contributed by atoms with E-state index in [1.54, 1.807) is 7.05 Å². The highest BCUT2D eigenvalue weighted by molar-refractivity contribution is 6.06. The topological polar surface area (TPSA) is 54.5 Å². The van der Waals surface area contributed by atoms with Crippen LogP contribution in [0.3, 0.4) is 0 Å². The molecule has 0 bridgehead atoms. The van der Waals surface area contributed by atoms with E-state index in [9.17, 15) is 14.4 Å². The molecule has 1 aliphatic heterocycles. The van der Waals surface area contributed by atoms with Crippen molar-refractivity contribution in [3.05, 3.63) is 35.4 Å². The first-order chi connectivity index (χ1) is 9.50. The number of imide groups is 1. The first-order valence-electron chi connectivity index (χ1n) is 6.89. The number of fused-ring (bicyclic) bond motifs is 2. The lowest BCUT2D eigenvalue weighted by Gasteiger charge is -2.32. The summed E-state index contributed by atoms with van der Waals surface area (Å²) in [5.74, 6) is -1.02. The predicted octanol–water partition coefficient (Wildman–Crippen LogP) is 1.54. The summed E-state index contributed by atoms with van der Waals surface area (Å²) in [5, 5.41) is 0. The lowest BCUT2D eigenvalue weighted by atomic mass is 9.68. The second-order valence-corrected chi connectivity index (χ2v) is 5.78. The number of nitrogens with zero attached hydrogens (tertiary/aromatic N) is 1. The van der Waals surface area contributed by atoms with E-state index in [4.69, 9.17) is 0 Å². The normalized spacial score (nSPS) is 28.3. The van der Waals surface area contributed by atoms with E-state index in [1.807, 2.05) is 24.3 Å². The highest BCUT2D eigenvalue weighted by Crippen LogP contribution is 2.46. The van der Waals surface area contributed by atoms with Gasteiger partial charge in [-0.15, -0.1) is 0 Å². The number of ketones is 1. The molecule has 2 amide bonds. The van der Waals surface area contributed by atoms with Gasteiger partial charge in [-0.2, -0.15) is 0 Å². The molecule has 1 aliphatic carbocycles. The van der Waals surface area contributed by atoms with Gasteiger partial charge < -0.3 is 4.79 Å². The van der Waals surface area contributed by atoms with Gasteiger partial charge in [0.05, 0.1) is 11.8 Å². The van der Waals surface area contributed by atoms with Crippen molar-refractivity contribution >= 4 is 17.6 Å². The lowest BCUT2D eigenvalue weighted by Crippen LogP contribution is -2.33. The van der Waals surface area contributed by atoms with Crippen LogP contribution < -0.4 is 0 Å². The standard InChI is InChI=1S/C16H17NO3/c1-9(18)7-12-11-6-4-3-5-10(11)8-13-14(12)16(20)17(2)15(13)19/h3-6,12-14H,7-8H2,1-2H3/t12?,13-,14+/m1/s1. The Bertz CT molecular complexity index is 607. The zero-order chi connectivity index (χ0) is 14.4. The third kappa shape index (κ3) is 1.79. The molecule has 1 saturated heterocycles. The molecule has 1 aromatic rings. The van der Waals surface area contributed by atoms with Crippen molar-refractivity contribution in [2.45, 2.75) is 25.7 Å². The number of hydrogen-bond donors (Lipinski definition) is 0. The zero-order valence-corrected chi connectivity index (χ0v) is 11.6. The van der Waals surface area contributed by atoms with Crippen LogP contribution in [0.1, 0.15) is 30.4 Å². The van der Waals surface area contributed by atoms with E-state index in [2.05, 4.69) is 0 Å². The monoisotopic (exact) mass is 271 g/mol. The smallest absolute Gasteiger partial charge is 0.233 e. The molecule has 4 heteroatoms. The molecule has 0 radical (unpaired) electrons. The minimum Gasteiger partial charge on any atom is -0.300 e. The number of amides is 2. The van der Waals surface area contributed by atoms with Crippen LogP contribution in [0.5, 0.6) is 0 Å². The summed E-state index contributed by atoms with van der Waals surface area (Å²) in [6.45, 7) is 1.54. The average molecular weight is 271 g/mol. The van der Waals surface area contributed by atoms with Crippen molar-refractivity contribution in [3.8, 4) is 0 Å². The van der Waals surface area contributed by atoms with Gasteiger partial charge in [-0.3, -0.25) is 14.5 Å². The maximum atomic E-state index is 12.3. The average Bonchev–Trinajstić information content (AvgIpc) is 2.63. The zero-order valence-electron chi connectivity index (χ0n) is 11.6. The molecule has 1 heterocycles. The summed E-state index contributed by atoms with van der Waals surface area (Å²) >= 11 is 0. The number of likely N-dealkylation sites (tertiary alicyclic amines) is 1. The van der Waals surface area contributed by atoms with Crippen molar-refractivity contribution in [2.75, 3.05) is 7.05 Å². The molecule has 20 heavy (non-hydrogen) atoms. The van der Waals surface area contributed by atoms with E-state index in [0.717, 1.165) is 11.1 Å². The summed E-state index contributed by atoms with van der Waals surface area (Å²) in [7, 11) is 1.54. The molecule has 2 aliphatic rings. The molecule has 0 saturated carbocycles. The first-order valence-corrected chi connectivity index (χ1v) is 6.89. The molecule has 3 atom stereocenters. The van der Waals surface area contributed by atoms with E-state index >= 15 is 0 Å². The molecule has 4 nitrogen and oxygen atoms in total. The molecule has 1 aromatic carbocycles. The Morgan fingerprint density at radius 3 is 2.65 bits per heavy atom. The van der Waals surface area contributed by atoms with Crippen molar-refractivity contribution in [3.63, 3.8) is 0 Å². The highest BCUT2D eigenvalue weighted by atomic mass is 16.2. The molecule has 0 N–H and O–H groups in total. The van der Waals surface area contributed by atoms with Crippen LogP contribution in [0.2, 0.25) is 0 Å². The van der Waals surface area contributed by atoms with Gasteiger partial charge in [-0.25, -0.2) is 0 Å². The van der Waals surface area contributed by atoms with E-state index in [1.165, 1.54) is 11.8 Å². The summed E-state index contributed by atoms with van der Waals surface area (Å²) in [4.78, 5) is 37.4. The fourth-order valence-corrected chi connectivity index (χ4v) is 3.63. The maximum absolute atomic E-state index is 12.3. The van der Waals surface area contributed by atoms with E-state index < -0.39 is 0 Å². The molecule has 0 aromatic heterocycles. The molecule has 3 rings (SSSR count). The maximum Gasteiger partial charge on any atom is 0.233 e. The Balaban J connectivity index is 2.10. The number of carbonyl (C=O) groups is 3. The minimum atomic E-state index is -0.369. The van der Waals surface area contributed by atoms with Gasteiger partial charge in [0, 0.05) is 19.4 Å². The van der Waals surface area contributed by atoms with Crippen molar-refractivity contribution in [1.29, 1.82) is 0 Å². The van der Waals surface area contributed by atoms with Crippen LogP contribution in [-0.4, -0.2) is 29.5 Å². The van der Waals surface area contributed by atoms with Crippen LogP contribution in [-0.2, 0) is 20.8 Å². The Kier molecular flexibility index (Phi) is 2.96. The molecule has 0 spiro atoms. The second-order valence-electron chi connectivity index (χ2n) is 5.78. The van der Waals surface area contributed by atoms with Crippen molar-refractivity contribution < 1.29 is 14.4 Å². The van der Waals surface area contributed by atoms with Gasteiger partial charge in [0.2, 0.25) is 11.8 Å². The van der Waals surface area contributed by atoms with Gasteiger partial charge >= 0.3 is 0 Å². The van der Waals surface area contributed by atoms with Crippen molar-refractivity contribution in [1.82, 2.24) is 4.90 Å². The molecular weight excluding hydrogens is 254 g/mol. The Morgan fingerprint density at radius 2 is 1.95 bits per heavy atom. The number of Topliss-reactive ketones (excluding diaryl/α,β-unsaturated/α-hetero) is 1. The van der Waals surface area contributed by atoms with Crippen LogP contribution in [0.25, 0.3) is 0 Å². The number of benzene rings is 1. The Hall–Kier alpha value is -1.97. The molecule has 1 unspecified atom stereocenters. The van der Waals surface area contributed by atoms with Crippen LogP contribution in [0, 0.1) is 11.8 Å². The molecule has 104 valence electrons.